The molecular formula is C19H18BrN4OS+. The molecule has 0 fully saturated rings. The highest BCUT2D eigenvalue weighted by molar-refractivity contribution is 9.10. The van der Waals surface area contributed by atoms with Crippen LogP contribution >= 0.6 is 27.7 Å². The van der Waals surface area contributed by atoms with E-state index in [0.29, 0.717) is 5.75 Å². The lowest BCUT2D eigenvalue weighted by atomic mass is 10.0. The smallest absolute Gasteiger partial charge is 0.320 e. The van der Waals surface area contributed by atoms with Gasteiger partial charge >= 0.3 is 5.17 Å². The van der Waals surface area contributed by atoms with Crippen molar-refractivity contribution >= 4 is 44.4 Å². The molecule has 2 heterocycles. The Morgan fingerprint density at radius 1 is 1.19 bits per heavy atom. The summed E-state index contributed by atoms with van der Waals surface area (Å²) in [6, 6.07) is 19.6. The molecule has 132 valence electrons. The maximum Gasteiger partial charge on any atom is 0.320 e. The van der Waals surface area contributed by atoms with Crippen molar-refractivity contribution < 1.29 is 9.68 Å². The van der Waals surface area contributed by atoms with E-state index in [0.717, 1.165) is 32.4 Å². The molecule has 0 bridgehead atoms. The quantitative estimate of drug-likeness (QED) is 0.546. The molecule has 0 aliphatic carbocycles. The predicted octanol–water partition coefficient (Wildman–Crippen LogP) is 4.18. The van der Waals surface area contributed by atoms with E-state index in [1.165, 1.54) is 0 Å². The molecule has 1 atom stereocenters. The number of H-pyrrole nitrogens is 1. The molecule has 0 saturated carbocycles. The molecule has 1 aliphatic rings. The van der Waals surface area contributed by atoms with Gasteiger partial charge in [-0.25, -0.2) is 5.32 Å². The Kier molecular flexibility index (Phi) is 4.60. The van der Waals surface area contributed by atoms with Gasteiger partial charge in [-0.3, -0.25) is 5.10 Å². The first-order valence-electron chi connectivity index (χ1n) is 8.19. The number of aromatic amines is 1. The van der Waals surface area contributed by atoms with Gasteiger partial charge in [0, 0.05) is 21.8 Å². The number of para-hydroxylation sites is 1. The molecule has 3 aromatic rings. The first-order valence-corrected chi connectivity index (χ1v) is 9.96. The zero-order valence-electron chi connectivity index (χ0n) is 14.1. The minimum Gasteiger partial charge on any atom is -0.348 e. The minimum absolute atomic E-state index is 0.509. The monoisotopic (exact) mass is 429 g/mol. The van der Waals surface area contributed by atoms with Gasteiger partial charge in [0.2, 0.25) is 11.5 Å². The Morgan fingerprint density at radius 3 is 2.58 bits per heavy atom. The molecule has 2 aromatic carbocycles. The fourth-order valence-electron chi connectivity index (χ4n) is 2.99. The van der Waals surface area contributed by atoms with Gasteiger partial charge in [-0.2, -0.15) is 4.58 Å². The van der Waals surface area contributed by atoms with Crippen LogP contribution < -0.4 is 5.32 Å². The Bertz CT molecular complexity index is 955. The second-order valence-corrected chi connectivity index (χ2v) is 8.03. The minimum atomic E-state index is -1.15. The number of hydrogen-bond acceptors (Lipinski definition) is 4. The number of amidine groups is 1. The molecule has 0 radical (unpaired) electrons. The van der Waals surface area contributed by atoms with E-state index in [2.05, 4.69) is 31.4 Å². The molecule has 0 amide bonds. The highest BCUT2D eigenvalue weighted by atomic mass is 79.9. The number of thioether (sulfide) groups is 1. The van der Waals surface area contributed by atoms with Crippen LogP contribution in [0.1, 0.15) is 11.3 Å². The summed E-state index contributed by atoms with van der Waals surface area (Å²) < 4.78 is 2.92. The zero-order valence-corrected chi connectivity index (χ0v) is 16.5. The van der Waals surface area contributed by atoms with Crippen molar-refractivity contribution in [3.05, 3.63) is 76.4 Å². The van der Waals surface area contributed by atoms with Crippen molar-refractivity contribution in [1.82, 2.24) is 10.2 Å². The largest absolute Gasteiger partial charge is 0.348 e. The average molecular weight is 430 g/mol. The van der Waals surface area contributed by atoms with Gasteiger partial charge in [0.1, 0.15) is 5.69 Å². The Balaban J connectivity index is 1.83. The molecule has 1 unspecified atom stereocenters. The van der Waals surface area contributed by atoms with Gasteiger partial charge < -0.3 is 5.11 Å². The summed E-state index contributed by atoms with van der Waals surface area (Å²) in [6.07, 6.45) is 0. The predicted molar refractivity (Wildman–Crippen MR) is 109 cm³/mol. The number of halogens is 1. The fourth-order valence-corrected chi connectivity index (χ4v) is 4.45. The van der Waals surface area contributed by atoms with Crippen molar-refractivity contribution in [1.29, 1.82) is 0 Å². The summed E-state index contributed by atoms with van der Waals surface area (Å²) >= 11 is 5.03. The maximum absolute atomic E-state index is 11.6. The number of anilines is 1. The highest BCUT2D eigenvalue weighted by Gasteiger charge is 2.47. The van der Waals surface area contributed by atoms with Crippen LogP contribution in [0, 0.1) is 6.92 Å². The number of aryl methyl sites for hydroxylation is 1. The molecule has 1 aromatic heterocycles. The third-order valence-corrected chi connectivity index (χ3v) is 5.88. The number of nitrogens with zero attached hydrogens (tertiary/aromatic N) is 2. The molecule has 3 N–H and O–H groups in total. The van der Waals surface area contributed by atoms with E-state index >= 15 is 0 Å². The Morgan fingerprint density at radius 2 is 1.92 bits per heavy atom. The van der Waals surface area contributed by atoms with Crippen LogP contribution in [0.3, 0.4) is 0 Å². The normalized spacial score (nSPS) is 19.8. The maximum atomic E-state index is 11.6. The summed E-state index contributed by atoms with van der Waals surface area (Å²) in [5.74, 6) is 1.24. The van der Waals surface area contributed by atoms with Crippen LogP contribution in [-0.4, -0.2) is 30.8 Å². The van der Waals surface area contributed by atoms with Crippen molar-refractivity contribution in [2.75, 3.05) is 11.1 Å². The summed E-state index contributed by atoms with van der Waals surface area (Å²) in [6.45, 7) is 1.96. The van der Waals surface area contributed by atoms with Crippen LogP contribution in [0.2, 0.25) is 0 Å². The van der Waals surface area contributed by atoms with E-state index in [4.69, 9.17) is 0 Å². The average Bonchev–Trinajstić information content (AvgIpc) is 3.20. The highest BCUT2D eigenvalue weighted by Crippen LogP contribution is 2.39. The number of aliphatic hydroxyl groups is 1. The summed E-state index contributed by atoms with van der Waals surface area (Å²) in [5, 5.41) is 23.0. The SMILES string of the molecule is Cc1cc(NC2=[N+](c3ccccc3)C(O)(c3ccc(Br)cc3)CS2)n[nH]1. The van der Waals surface area contributed by atoms with Crippen LogP contribution in [-0.2, 0) is 5.72 Å². The number of aromatic nitrogens is 2. The van der Waals surface area contributed by atoms with Gasteiger partial charge in [0.25, 0.3) is 0 Å². The standard InChI is InChI=1S/C19H17BrN4OS/c1-13-11-17(23-22-13)21-18-24(16-5-3-2-4-6-16)19(25,12-26-18)14-7-9-15(20)10-8-14/h2-11,25H,12H2,1H3,(H,22,23)/p+1. The first kappa shape index (κ1) is 17.3. The van der Waals surface area contributed by atoms with Gasteiger partial charge in [-0.15, -0.1) is 5.10 Å². The lowest BCUT2D eigenvalue weighted by molar-refractivity contribution is -0.592. The van der Waals surface area contributed by atoms with Gasteiger partial charge in [0.15, 0.2) is 0 Å². The van der Waals surface area contributed by atoms with Crippen molar-refractivity contribution in [3.63, 3.8) is 0 Å². The van der Waals surface area contributed by atoms with Gasteiger partial charge in [0.05, 0.1) is 5.75 Å². The van der Waals surface area contributed by atoms with Crippen LogP contribution in [0.25, 0.3) is 0 Å². The Hall–Kier alpha value is -2.09. The van der Waals surface area contributed by atoms with Gasteiger partial charge in [-0.05, 0) is 43.0 Å². The van der Waals surface area contributed by atoms with E-state index in [1.807, 2.05) is 72.2 Å². The van der Waals surface area contributed by atoms with Crippen molar-refractivity contribution in [3.8, 4) is 0 Å². The number of rotatable bonds is 3. The van der Waals surface area contributed by atoms with Crippen molar-refractivity contribution in [2.24, 2.45) is 0 Å². The Labute approximate surface area is 164 Å². The molecular weight excluding hydrogens is 412 g/mol. The zero-order chi connectivity index (χ0) is 18.1. The van der Waals surface area contributed by atoms with Crippen LogP contribution in [0.5, 0.6) is 0 Å². The lowest BCUT2D eigenvalue weighted by Gasteiger charge is -2.24. The summed E-state index contributed by atoms with van der Waals surface area (Å²) in [4.78, 5) is 0. The molecule has 0 spiro atoms. The summed E-state index contributed by atoms with van der Waals surface area (Å²) in [5.41, 5.74) is 1.58. The van der Waals surface area contributed by atoms with Gasteiger partial charge in [-0.1, -0.05) is 46.3 Å². The third-order valence-electron chi connectivity index (χ3n) is 4.25. The number of nitrogens with one attached hydrogen (secondary N) is 2. The van der Waals surface area contributed by atoms with E-state index in [-0.39, 0.29) is 0 Å². The number of benzene rings is 2. The molecule has 4 rings (SSSR count). The molecule has 0 saturated heterocycles. The second-order valence-electron chi connectivity index (χ2n) is 6.15. The number of hydrogen-bond donors (Lipinski definition) is 3. The van der Waals surface area contributed by atoms with E-state index in [1.54, 1.807) is 11.8 Å². The van der Waals surface area contributed by atoms with E-state index < -0.39 is 5.72 Å². The molecule has 26 heavy (non-hydrogen) atoms. The fraction of sp³-hybridized carbons (Fsp3) is 0.158. The van der Waals surface area contributed by atoms with Crippen LogP contribution in [0.15, 0.2) is 65.1 Å². The summed E-state index contributed by atoms with van der Waals surface area (Å²) in [7, 11) is 0. The first-order chi connectivity index (χ1) is 12.6. The third kappa shape index (κ3) is 3.18. The van der Waals surface area contributed by atoms with Crippen molar-refractivity contribution in [2.45, 2.75) is 12.6 Å². The topological polar surface area (TPSA) is 63.9 Å². The molecule has 7 heteroatoms. The lowest BCUT2D eigenvalue weighted by Crippen LogP contribution is -2.38. The van der Waals surface area contributed by atoms with E-state index in [9.17, 15) is 5.11 Å². The van der Waals surface area contributed by atoms with Crippen LogP contribution in [0.4, 0.5) is 11.5 Å². The second kappa shape index (κ2) is 6.90. The molecule has 5 nitrogen and oxygen atoms in total. The molecule has 1 aliphatic heterocycles.